The summed E-state index contributed by atoms with van der Waals surface area (Å²) in [6, 6.07) is 2.12. The number of halogens is 1. The first-order valence-electron chi connectivity index (χ1n) is 5.77. The highest BCUT2D eigenvalue weighted by atomic mass is 32.2. The van der Waals surface area contributed by atoms with Crippen LogP contribution in [0.15, 0.2) is 15.7 Å². The van der Waals surface area contributed by atoms with Crippen LogP contribution in [0.1, 0.15) is 18.4 Å². The van der Waals surface area contributed by atoms with Gasteiger partial charge in [0.15, 0.2) is 6.30 Å². The summed E-state index contributed by atoms with van der Waals surface area (Å²) in [6.07, 6.45) is -0.330. The number of thiophene rings is 1. The highest BCUT2D eigenvalue weighted by molar-refractivity contribution is 8.01. The van der Waals surface area contributed by atoms with E-state index in [0.29, 0.717) is 19.4 Å². The molecule has 1 aliphatic heterocycles. The third-order valence-electron chi connectivity index (χ3n) is 2.54. The Balaban J connectivity index is 0.000000550. The van der Waals surface area contributed by atoms with Crippen molar-refractivity contribution >= 4 is 35.5 Å². The van der Waals surface area contributed by atoms with Crippen molar-refractivity contribution in [2.45, 2.75) is 30.3 Å². The smallest absolute Gasteiger partial charge is 0.290 e. The Labute approximate surface area is 119 Å². The van der Waals surface area contributed by atoms with Crippen LogP contribution in [-0.2, 0) is 9.59 Å². The van der Waals surface area contributed by atoms with Crippen molar-refractivity contribution in [3.63, 3.8) is 0 Å². The Kier molecular flexibility index (Phi) is 6.86. The number of carbonyl (C=O) groups excluding carboxylic acids is 1. The zero-order chi connectivity index (χ0) is 14.3. The van der Waals surface area contributed by atoms with E-state index in [4.69, 9.17) is 9.90 Å². The Morgan fingerprint density at radius 1 is 1.68 bits per heavy atom. The molecule has 1 N–H and O–H groups in total. The molecule has 2 heterocycles. The maximum atomic E-state index is 13.3. The number of hydrogen-bond acceptors (Lipinski definition) is 4. The molecule has 1 unspecified atom stereocenters. The normalized spacial score (nSPS) is 18.1. The molecule has 0 aromatic carbocycles. The van der Waals surface area contributed by atoms with Gasteiger partial charge in [-0.05, 0) is 23.9 Å². The van der Waals surface area contributed by atoms with Crippen LogP contribution in [0.2, 0.25) is 0 Å². The molecule has 0 aliphatic carbocycles. The summed E-state index contributed by atoms with van der Waals surface area (Å²) in [5.41, 5.74) is 1.26. The Bertz CT molecular complexity index is 425. The van der Waals surface area contributed by atoms with Crippen LogP contribution in [0.5, 0.6) is 0 Å². The molecular formula is C12H16FNO3S2. The first-order chi connectivity index (χ1) is 9.08. The first kappa shape index (κ1) is 16.0. The summed E-state index contributed by atoms with van der Waals surface area (Å²) < 4.78 is 14.5. The molecule has 1 amide bonds. The van der Waals surface area contributed by atoms with Crippen LogP contribution in [-0.4, -0.2) is 41.0 Å². The molecule has 1 aromatic heterocycles. The molecule has 2 rings (SSSR count). The maximum absolute atomic E-state index is 13.3. The van der Waals surface area contributed by atoms with Gasteiger partial charge < -0.3 is 10.0 Å². The minimum absolute atomic E-state index is 0.0459. The molecule has 0 spiro atoms. The van der Waals surface area contributed by atoms with Crippen LogP contribution in [0.25, 0.3) is 0 Å². The van der Waals surface area contributed by atoms with E-state index >= 15 is 0 Å². The van der Waals surface area contributed by atoms with Crippen molar-refractivity contribution in [3.05, 3.63) is 17.0 Å². The molecule has 0 bridgehead atoms. The molecular weight excluding hydrogens is 289 g/mol. The van der Waals surface area contributed by atoms with Crippen molar-refractivity contribution in [1.82, 2.24) is 4.90 Å². The van der Waals surface area contributed by atoms with Gasteiger partial charge in [-0.25, -0.2) is 4.39 Å². The fourth-order valence-electron chi connectivity index (χ4n) is 1.69. The molecule has 0 radical (unpaired) electrons. The topological polar surface area (TPSA) is 57.6 Å². The molecule has 1 fully saturated rings. The summed E-state index contributed by atoms with van der Waals surface area (Å²) >= 11 is 3.39. The van der Waals surface area contributed by atoms with E-state index in [-0.39, 0.29) is 12.4 Å². The second-order valence-corrected chi connectivity index (χ2v) is 6.26. The minimum atomic E-state index is -1.06. The summed E-state index contributed by atoms with van der Waals surface area (Å²) in [5, 5.41) is 8.99. The number of alkyl halides is 1. The van der Waals surface area contributed by atoms with Gasteiger partial charge in [-0.2, -0.15) is 0 Å². The first-order valence-corrected chi connectivity index (χ1v) is 7.64. The van der Waals surface area contributed by atoms with Gasteiger partial charge in [-0.3, -0.25) is 9.59 Å². The van der Waals surface area contributed by atoms with Gasteiger partial charge in [-0.15, -0.1) is 23.1 Å². The number of carboxylic acid groups (broad SMARTS) is 1. The van der Waals surface area contributed by atoms with E-state index in [1.807, 2.05) is 0 Å². The fraction of sp³-hybridized carbons (Fsp3) is 0.500. The lowest BCUT2D eigenvalue weighted by Gasteiger charge is -2.17. The lowest BCUT2D eigenvalue weighted by Crippen LogP contribution is -2.32. The van der Waals surface area contributed by atoms with Crippen molar-refractivity contribution in [2.24, 2.45) is 0 Å². The number of aryl methyl sites for hydroxylation is 1. The van der Waals surface area contributed by atoms with E-state index in [0.717, 1.165) is 5.75 Å². The molecule has 4 nitrogen and oxygen atoms in total. The number of likely N-dealkylation sites (tertiary alicyclic amines) is 1. The molecule has 19 heavy (non-hydrogen) atoms. The van der Waals surface area contributed by atoms with Crippen LogP contribution >= 0.6 is 23.1 Å². The molecule has 1 saturated heterocycles. The zero-order valence-electron chi connectivity index (χ0n) is 10.5. The predicted octanol–water partition coefficient (Wildman–Crippen LogP) is 2.77. The summed E-state index contributed by atoms with van der Waals surface area (Å²) in [6.45, 7) is 2.32. The Morgan fingerprint density at radius 2 is 2.37 bits per heavy atom. The van der Waals surface area contributed by atoms with Gasteiger partial charge in [0.05, 0.1) is 4.21 Å². The lowest BCUT2D eigenvalue weighted by atomic mass is 10.4. The molecule has 7 heteroatoms. The third-order valence-corrected chi connectivity index (χ3v) is 4.81. The number of amides is 1. The van der Waals surface area contributed by atoms with E-state index in [1.165, 1.54) is 14.7 Å². The van der Waals surface area contributed by atoms with E-state index in [1.54, 1.807) is 23.1 Å². The summed E-state index contributed by atoms with van der Waals surface area (Å²) in [4.78, 5) is 21.0. The molecule has 1 aliphatic rings. The van der Waals surface area contributed by atoms with Crippen molar-refractivity contribution < 1.29 is 19.1 Å². The van der Waals surface area contributed by atoms with Crippen LogP contribution in [0, 0.1) is 6.92 Å². The van der Waals surface area contributed by atoms with E-state index in [9.17, 15) is 9.18 Å². The van der Waals surface area contributed by atoms with E-state index < -0.39 is 6.30 Å². The number of rotatable bonds is 4. The standard InChI is InChI=1S/C11H14FNOS2.CH2O2/c1-8-6-11(16-7-8)15-5-4-13-9(12)2-3-10(13)14;2-1-3/h6-7,9H,2-5H2,1H3;1H,(H,2,3). The molecule has 106 valence electrons. The largest absolute Gasteiger partial charge is 0.483 e. The SMILES string of the molecule is Cc1csc(SCCN2C(=O)CCC2F)c1.O=CO. The van der Waals surface area contributed by atoms with Gasteiger partial charge in [0.1, 0.15) is 0 Å². The number of thioether (sulfide) groups is 1. The molecule has 0 saturated carbocycles. The second kappa shape index (κ2) is 8.16. The second-order valence-electron chi connectivity index (χ2n) is 3.96. The van der Waals surface area contributed by atoms with Crippen molar-refractivity contribution in [3.8, 4) is 0 Å². The predicted molar refractivity (Wildman–Crippen MR) is 74.3 cm³/mol. The van der Waals surface area contributed by atoms with Gasteiger partial charge in [0, 0.05) is 25.1 Å². The Hall–Kier alpha value is -1.08. The highest BCUT2D eigenvalue weighted by Gasteiger charge is 2.29. The Morgan fingerprint density at radius 3 is 2.84 bits per heavy atom. The van der Waals surface area contributed by atoms with Crippen LogP contribution in [0.3, 0.4) is 0 Å². The maximum Gasteiger partial charge on any atom is 0.290 e. The summed E-state index contributed by atoms with van der Waals surface area (Å²) in [7, 11) is 0. The van der Waals surface area contributed by atoms with Gasteiger partial charge in [-0.1, -0.05) is 0 Å². The number of hydrogen-bond donors (Lipinski definition) is 1. The van der Waals surface area contributed by atoms with Gasteiger partial charge in [0.25, 0.3) is 6.47 Å². The molecule has 1 aromatic rings. The van der Waals surface area contributed by atoms with Crippen molar-refractivity contribution in [2.75, 3.05) is 12.3 Å². The van der Waals surface area contributed by atoms with Gasteiger partial charge >= 0.3 is 0 Å². The number of nitrogens with zero attached hydrogens (tertiary/aromatic N) is 1. The zero-order valence-corrected chi connectivity index (χ0v) is 12.2. The average molecular weight is 305 g/mol. The monoisotopic (exact) mass is 305 g/mol. The third kappa shape index (κ3) is 5.20. The van der Waals surface area contributed by atoms with Crippen LogP contribution < -0.4 is 0 Å². The van der Waals surface area contributed by atoms with Crippen molar-refractivity contribution in [1.29, 1.82) is 0 Å². The quantitative estimate of drug-likeness (QED) is 0.528. The molecule has 1 atom stereocenters. The van der Waals surface area contributed by atoms with Gasteiger partial charge in [0.2, 0.25) is 5.91 Å². The fourth-order valence-corrected chi connectivity index (χ4v) is 3.74. The van der Waals surface area contributed by atoms with Crippen LogP contribution in [0.4, 0.5) is 4.39 Å². The lowest BCUT2D eigenvalue weighted by molar-refractivity contribution is -0.130. The average Bonchev–Trinajstić information content (AvgIpc) is 2.90. The number of carbonyl (C=O) groups is 2. The summed E-state index contributed by atoms with van der Waals surface area (Å²) in [5.74, 6) is 0.724. The minimum Gasteiger partial charge on any atom is -0.483 e. The van der Waals surface area contributed by atoms with E-state index in [2.05, 4.69) is 18.4 Å². The highest BCUT2D eigenvalue weighted by Crippen LogP contribution is 2.27.